The Labute approximate surface area is 646 Å². The van der Waals surface area contributed by atoms with Crippen LogP contribution in [0.25, 0.3) is 16.0 Å². The van der Waals surface area contributed by atoms with Crippen LogP contribution in [0.4, 0.5) is 24.5 Å². The third-order valence-electron chi connectivity index (χ3n) is 21.7. The minimum absolute atomic E-state index is 0.0273. The zero-order valence-corrected chi connectivity index (χ0v) is 66.5. The van der Waals surface area contributed by atoms with Crippen molar-refractivity contribution in [2.45, 2.75) is 176 Å². The molecule has 20 nitrogen and oxygen atoms in total. The van der Waals surface area contributed by atoms with E-state index in [-0.39, 0.29) is 59.8 Å². The fourth-order valence-electron chi connectivity index (χ4n) is 15.4. The molecule has 0 radical (unpaired) electrons. The number of hydrogen-bond donors (Lipinski definition) is 5. The molecule has 4 fully saturated rings. The summed E-state index contributed by atoms with van der Waals surface area (Å²) >= 11 is 9.19. The van der Waals surface area contributed by atoms with Gasteiger partial charge in [0.1, 0.15) is 17.0 Å². The van der Waals surface area contributed by atoms with E-state index in [2.05, 4.69) is 61.6 Å². The van der Waals surface area contributed by atoms with Crippen LogP contribution < -0.4 is 25.6 Å². The van der Waals surface area contributed by atoms with Crippen LogP contribution in [0.1, 0.15) is 152 Å². The lowest BCUT2D eigenvalue weighted by Crippen LogP contribution is -2.60. The van der Waals surface area contributed by atoms with Gasteiger partial charge in [-0.1, -0.05) is 113 Å². The number of amides is 5. The molecule has 5 aliphatic rings. The fraction of sp³-hybridized carbons (Fsp3) is 0.500. The number of unbranched alkanes of at least 4 members (excludes halogenated alkanes) is 2. The molecule has 5 amide bonds. The number of carbonyl (C=O) groups excluding carboxylic acids is 5. The zero-order valence-electron chi connectivity index (χ0n) is 62.4. The number of nitrogens with zero attached hydrogens (tertiary/aromatic N) is 6. The normalized spacial score (nSPS) is 19.5. The maximum Gasteiger partial charge on any atom is 0.501 e. The second-order valence-corrected chi connectivity index (χ2v) is 37.5. The number of aliphatic hydroxyl groups excluding tert-OH is 1. The first-order valence-corrected chi connectivity index (χ1v) is 42.4. The molecule has 5 aromatic carbocycles. The Kier molecular flexibility index (Phi) is 26.1. The molecule has 5 N–H and O–H groups in total. The largest absolute Gasteiger partial charge is 0.501 e. The van der Waals surface area contributed by atoms with Crippen LogP contribution in [0.2, 0.25) is 5.02 Å². The number of thiazole rings is 1. The average Bonchev–Trinajstić information content (AvgIpc) is 1.75. The highest BCUT2D eigenvalue weighted by atomic mass is 35.5. The first kappa shape index (κ1) is 81.6. The molecular formula is C80H100ClF3N10O10S4. The van der Waals surface area contributed by atoms with Crippen molar-refractivity contribution in [2.24, 2.45) is 16.2 Å². The number of hydrogen-bond acceptors (Lipinski definition) is 17. The summed E-state index contributed by atoms with van der Waals surface area (Å²) in [5.41, 5.74) is 3.00. The number of rotatable bonds is 28. The van der Waals surface area contributed by atoms with E-state index in [4.69, 9.17) is 11.6 Å². The molecule has 6 aromatic rings. The Balaban J connectivity index is 0.637. The number of aliphatic hydroxyl groups is 1. The lowest BCUT2D eigenvalue weighted by Gasteiger charge is -2.55. The van der Waals surface area contributed by atoms with E-state index in [1.165, 1.54) is 45.5 Å². The van der Waals surface area contributed by atoms with E-state index in [0.717, 1.165) is 114 Å². The second kappa shape index (κ2) is 34.5. The molecule has 4 saturated heterocycles. The second-order valence-electron chi connectivity index (χ2n) is 31.6. The van der Waals surface area contributed by atoms with Gasteiger partial charge in [-0.2, -0.15) is 13.2 Å². The van der Waals surface area contributed by atoms with Crippen molar-refractivity contribution < 1.29 is 59.1 Å². The number of aromatic nitrogens is 1. The van der Waals surface area contributed by atoms with E-state index in [9.17, 15) is 59.1 Å². The highest BCUT2D eigenvalue weighted by Gasteiger charge is 2.50. The van der Waals surface area contributed by atoms with Gasteiger partial charge in [-0.15, -0.1) is 23.1 Å². The van der Waals surface area contributed by atoms with Crippen molar-refractivity contribution in [1.82, 2.24) is 39.9 Å². The quantitative estimate of drug-likeness (QED) is 0.0226. The molecule has 108 heavy (non-hydrogen) atoms. The maximum absolute atomic E-state index is 14.6. The number of halogens is 4. The molecule has 582 valence electrons. The Morgan fingerprint density at radius 2 is 1.45 bits per heavy atom. The summed E-state index contributed by atoms with van der Waals surface area (Å²) in [5.74, 6) is -2.09. The van der Waals surface area contributed by atoms with Gasteiger partial charge in [0, 0.05) is 124 Å². The zero-order chi connectivity index (χ0) is 77.5. The van der Waals surface area contributed by atoms with Gasteiger partial charge in [0.25, 0.3) is 25.8 Å². The van der Waals surface area contributed by atoms with E-state index in [1.54, 1.807) is 33.9 Å². The number of benzene rings is 5. The Bertz CT molecular complexity index is 4440. The molecule has 5 atom stereocenters. The van der Waals surface area contributed by atoms with Crippen molar-refractivity contribution in [3.8, 4) is 10.4 Å². The molecule has 4 aliphatic heterocycles. The van der Waals surface area contributed by atoms with Crippen molar-refractivity contribution in [3.05, 3.63) is 160 Å². The van der Waals surface area contributed by atoms with E-state index < -0.39 is 94.3 Å². The minimum atomic E-state index is -6.18. The van der Waals surface area contributed by atoms with Gasteiger partial charge in [-0.25, -0.2) is 26.5 Å². The minimum Gasteiger partial charge on any atom is -0.391 e. The number of likely N-dealkylation sites (tertiary alicyclic amines) is 2. The third-order valence-corrected chi connectivity index (χ3v) is 27.0. The van der Waals surface area contributed by atoms with Crippen LogP contribution in [0.15, 0.2) is 147 Å². The summed E-state index contributed by atoms with van der Waals surface area (Å²) in [7, 11) is -11.1. The van der Waals surface area contributed by atoms with Crippen LogP contribution in [-0.2, 0) is 39.0 Å². The Morgan fingerprint density at radius 3 is 2.10 bits per heavy atom. The Hall–Kier alpha value is -7.37. The van der Waals surface area contributed by atoms with E-state index in [0.29, 0.717) is 64.5 Å². The van der Waals surface area contributed by atoms with Crippen molar-refractivity contribution in [2.75, 3.05) is 88.0 Å². The number of piperazine rings is 1. The SMILES string of the molecule is Cc1ncsc1-c1ccc([C@H](C)NC(=O)[C@@H]2C[C@@H](O)CN2C(=O)[C@@H](NC(=O)CCCCCC(=O)N2CCN(CC[C@H](CSc3ccccc3)Nc3ccc(S(=O)(=O)NC(=O)c4ccc(N5CCC6(CC5)CN(CC5=C(c7ccc(Cl)cc7)CCC(C)(C)C5)C6)cc4)cc3S(=O)(=O)C(F)(F)F)CC2)C(C)(C)C)cc1. The predicted molar refractivity (Wildman–Crippen MR) is 419 cm³/mol. The predicted octanol–water partition coefficient (Wildman–Crippen LogP) is 13.2. The summed E-state index contributed by atoms with van der Waals surface area (Å²) in [6, 6.07) is 31.0. The summed E-state index contributed by atoms with van der Waals surface area (Å²) in [6.45, 7) is 20.6. The number of aryl methyl sites for hydroxylation is 1. The first-order chi connectivity index (χ1) is 51.1. The summed E-state index contributed by atoms with van der Waals surface area (Å²) in [5, 5.41) is 20.4. The van der Waals surface area contributed by atoms with Crippen molar-refractivity contribution in [1.29, 1.82) is 0 Å². The topological polar surface area (TPSA) is 251 Å². The van der Waals surface area contributed by atoms with E-state index >= 15 is 0 Å². The summed E-state index contributed by atoms with van der Waals surface area (Å²) in [4.78, 5) is 82.9. The molecule has 1 spiro atoms. The van der Waals surface area contributed by atoms with Crippen LogP contribution in [-0.4, -0.2) is 184 Å². The lowest BCUT2D eigenvalue weighted by molar-refractivity contribution is -0.144. The molecular weight excluding hydrogens is 1480 g/mol. The van der Waals surface area contributed by atoms with Gasteiger partial charge in [0.05, 0.1) is 38.8 Å². The van der Waals surface area contributed by atoms with Gasteiger partial charge >= 0.3 is 5.51 Å². The number of piperidine rings is 1. The number of nitrogens with one attached hydrogen (secondary N) is 4. The van der Waals surface area contributed by atoms with Gasteiger partial charge in [-0.05, 0) is 170 Å². The van der Waals surface area contributed by atoms with Crippen LogP contribution in [0.3, 0.4) is 0 Å². The lowest BCUT2D eigenvalue weighted by atomic mass is 9.70. The van der Waals surface area contributed by atoms with Gasteiger partial charge in [0.15, 0.2) is 0 Å². The summed E-state index contributed by atoms with van der Waals surface area (Å²) < 4.78 is 101. The molecule has 11 rings (SSSR count). The number of sulfone groups is 1. The number of allylic oxidation sites excluding steroid dienone is 1. The van der Waals surface area contributed by atoms with Crippen LogP contribution in [0.5, 0.6) is 0 Å². The Morgan fingerprint density at radius 1 is 0.787 bits per heavy atom. The highest BCUT2D eigenvalue weighted by molar-refractivity contribution is 7.99. The number of alkyl halides is 3. The van der Waals surface area contributed by atoms with Crippen LogP contribution >= 0.6 is 34.7 Å². The molecule has 5 heterocycles. The first-order valence-electron chi connectivity index (χ1n) is 37.2. The highest BCUT2D eigenvalue weighted by Crippen LogP contribution is 2.47. The van der Waals surface area contributed by atoms with Gasteiger partial charge in [-0.3, -0.25) is 33.8 Å². The smallest absolute Gasteiger partial charge is 0.391 e. The molecule has 0 unspecified atom stereocenters. The van der Waals surface area contributed by atoms with Gasteiger partial charge in [0.2, 0.25) is 23.6 Å². The molecule has 1 aromatic heterocycles. The summed E-state index contributed by atoms with van der Waals surface area (Å²) in [6.07, 6.45) is 6.45. The van der Waals surface area contributed by atoms with Crippen molar-refractivity contribution in [3.63, 3.8) is 0 Å². The number of carbonyl (C=O) groups is 5. The number of anilines is 2. The monoisotopic (exact) mass is 1580 g/mol. The standard InChI is InChI=1S/C80H100ClF3N10O10S4/c1-53(55-18-20-57(21-19-55)72-54(2)85-52-106-72)86-75(99)68-44-63(95)48-94(68)76(100)73(77(3,4)5)88-70(96)16-12-9-13-17-71(97)93-42-40-90(41-43-93)37-33-61(49-105-64-14-10-8-11-15-64)87-67-31-30-65(45-69(67)107(101,102)80(82,83)84)108(103,104)89-74(98)58-24-28-62(29-25-58)92-38-35-79(36-39-92)50-91(51-79)47-59-46-78(6,7)34-32-66(59)56-22-26-60(81)27-23-56/h8,10-11,14-15,18-31,45,52-53,61,63,68,73,87,95H,9,12-13,16-17,32-44,46-51H2,1-7H3,(H,86,99)(H,88,96)(H,89,98)/t53-,61+,63+,68-,73+/m0/s1. The van der Waals surface area contributed by atoms with Crippen LogP contribution in [0, 0.1) is 23.2 Å². The van der Waals surface area contributed by atoms with E-state index in [1.807, 2.05) is 106 Å². The van der Waals surface area contributed by atoms with Crippen molar-refractivity contribution >= 4 is 101 Å². The number of sulfonamides is 1. The number of thioether (sulfide) groups is 1. The average molecular weight is 1580 g/mol. The number of β-amino-alcohol motifs (C(OH)–C–C–N with tert-alkyl or cyclic N) is 1. The fourth-order valence-corrected chi connectivity index (χ4v) is 19.4. The molecule has 1 aliphatic carbocycles. The molecule has 28 heteroatoms. The third kappa shape index (κ3) is 20.4. The van der Waals surface area contributed by atoms with Gasteiger partial charge < -0.3 is 35.8 Å². The molecule has 0 saturated carbocycles. The maximum atomic E-state index is 14.6. The molecule has 0 bridgehead atoms.